The van der Waals surface area contributed by atoms with Gasteiger partial charge in [0.05, 0.1) is 13.6 Å². The van der Waals surface area contributed by atoms with Crippen molar-refractivity contribution < 1.29 is 17.0 Å². The molecule has 70 valence electrons. The molecule has 4 heteroatoms. The fourth-order valence-electron chi connectivity index (χ4n) is 1.02. The highest BCUT2D eigenvalue weighted by molar-refractivity contribution is 9.09. The topological polar surface area (TPSA) is 8.81 Å². The van der Waals surface area contributed by atoms with Crippen molar-refractivity contribution in [3.63, 3.8) is 0 Å². The molecular formula is C8H14BrClN2. The summed E-state index contributed by atoms with van der Waals surface area (Å²) in [6, 6.07) is 0. The fraction of sp³-hybridized carbons (Fsp3) is 0.625. The minimum absolute atomic E-state index is 0. The van der Waals surface area contributed by atoms with Crippen molar-refractivity contribution in [2.45, 2.75) is 19.4 Å². The van der Waals surface area contributed by atoms with E-state index in [4.69, 9.17) is 0 Å². The van der Waals surface area contributed by atoms with E-state index >= 15 is 0 Å². The van der Waals surface area contributed by atoms with E-state index in [1.807, 2.05) is 7.05 Å². The molecule has 0 amide bonds. The van der Waals surface area contributed by atoms with E-state index in [1.165, 1.54) is 12.8 Å². The number of halogens is 2. The van der Waals surface area contributed by atoms with Crippen molar-refractivity contribution in [2.75, 3.05) is 5.33 Å². The molecule has 0 aliphatic rings. The lowest BCUT2D eigenvalue weighted by atomic mass is 10.3. The van der Waals surface area contributed by atoms with Crippen LogP contribution in [-0.4, -0.2) is 9.90 Å². The Labute approximate surface area is 88.1 Å². The SMILES string of the molecule is C[n+]1ccn(CCCCBr)c1.[Cl-]. The molecule has 0 spiro atoms. The Bertz CT molecular complexity index is 213. The monoisotopic (exact) mass is 252 g/mol. The number of hydrogen-bond acceptors (Lipinski definition) is 0. The number of aromatic nitrogens is 2. The molecule has 0 atom stereocenters. The zero-order valence-corrected chi connectivity index (χ0v) is 9.55. The van der Waals surface area contributed by atoms with Gasteiger partial charge in [-0.3, -0.25) is 0 Å². The fourth-order valence-corrected chi connectivity index (χ4v) is 1.42. The first-order valence-corrected chi connectivity index (χ1v) is 5.02. The molecule has 12 heavy (non-hydrogen) atoms. The molecule has 0 aliphatic carbocycles. The summed E-state index contributed by atoms with van der Waals surface area (Å²) in [5.74, 6) is 0. The van der Waals surface area contributed by atoms with Gasteiger partial charge in [-0.15, -0.1) is 0 Å². The summed E-state index contributed by atoms with van der Waals surface area (Å²) in [4.78, 5) is 0. The van der Waals surface area contributed by atoms with Crippen LogP contribution < -0.4 is 17.0 Å². The highest BCUT2D eigenvalue weighted by Gasteiger charge is 1.97. The molecule has 0 bridgehead atoms. The second kappa shape index (κ2) is 6.49. The van der Waals surface area contributed by atoms with E-state index in [1.54, 1.807) is 0 Å². The van der Waals surface area contributed by atoms with E-state index in [9.17, 15) is 0 Å². The number of hydrogen-bond donors (Lipinski definition) is 0. The molecular weight excluding hydrogens is 239 g/mol. The van der Waals surface area contributed by atoms with Gasteiger partial charge in [0.15, 0.2) is 0 Å². The maximum Gasteiger partial charge on any atom is 0.243 e. The van der Waals surface area contributed by atoms with Gasteiger partial charge in [-0.1, -0.05) is 15.9 Å². The number of imidazole rings is 1. The van der Waals surface area contributed by atoms with Crippen LogP contribution in [0.1, 0.15) is 12.8 Å². The van der Waals surface area contributed by atoms with Gasteiger partial charge in [-0.2, -0.15) is 0 Å². The third kappa shape index (κ3) is 4.12. The summed E-state index contributed by atoms with van der Waals surface area (Å²) >= 11 is 3.41. The molecule has 0 fully saturated rings. The van der Waals surface area contributed by atoms with Crippen molar-refractivity contribution >= 4 is 15.9 Å². The standard InChI is InChI=1S/C8H14BrN2.ClH/c1-10-6-7-11(8-10)5-3-2-4-9;/h6-8H,2-5H2,1H3;1H/q+1;/p-1. The van der Waals surface area contributed by atoms with Gasteiger partial charge in [-0.05, 0) is 12.8 Å². The predicted octanol–water partition coefficient (Wildman–Crippen LogP) is -1.51. The van der Waals surface area contributed by atoms with Crippen molar-refractivity contribution in [1.29, 1.82) is 0 Å². The number of rotatable bonds is 4. The lowest BCUT2D eigenvalue weighted by molar-refractivity contribution is -0.671. The maximum atomic E-state index is 3.41. The number of aryl methyl sites for hydroxylation is 2. The van der Waals surface area contributed by atoms with Gasteiger partial charge in [-0.25, -0.2) is 9.13 Å². The first kappa shape index (κ1) is 12.0. The molecule has 1 heterocycles. The summed E-state index contributed by atoms with van der Waals surface area (Å²) in [7, 11) is 2.04. The van der Waals surface area contributed by atoms with Crippen LogP contribution in [0.5, 0.6) is 0 Å². The van der Waals surface area contributed by atoms with Gasteiger partial charge in [0.2, 0.25) is 6.33 Å². The molecule has 0 radical (unpaired) electrons. The van der Waals surface area contributed by atoms with Gasteiger partial charge >= 0.3 is 0 Å². The quantitative estimate of drug-likeness (QED) is 0.351. The summed E-state index contributed by atoms with van der Waals surface area (Å²) in [6.45, 7) is 1.13. The number of nitrogens with zero attached hydrogens (tertiary/aromatic N) is 2. The van der Waals surface area contributed by atoms with Gasteiger partial charge in [0.1, 0.15) is 12.4 Å². The lowest BCUT2D eigenvalue weighted by Gasteiger charge is -1.92. The molecule has 0 aliphatic heterocycles. The van der Waals surface area contributed by atoms with Crippen molar-refractivity contribution in [2.24, 2.45) is 7.05 Å². The minimum Gasteiger partial charge on any atom is -1.00 e. The zero-order chi connectivity index (χ0) is 8.10. The van der Waals surface area contributed by atoms with Crippen molar-refractivity contribution in [1.82, 2.24) is 4.57 Å². The zero-order valence-electron chi connectivity index (χ0n) is 7.21. The molecule has 1 aromatic heterocycles. The number of alkyl halides is 1. The largest absolute Gasteiger partial charge is 1.00 e. The molecule has 0 N–H and O–H groups in total. The molecule has 0 aromatic carbocycles. The number of unbranched alkanes of at least 4 members (excludes halogenated alkanes) is 1. The van der Waals surface area contributed by atoms with E-state index in [2.05, 4.69) is 43.8 Å². The van der Waals surface area contributed by atoms with Crippen LogP contribution in [0.3, 0.4) is 0 Å². The summed E-state index contributed by atoms with van der Waals surface area (Å²) < 4.78 is 4.27. The van der Waals surface area contributed by atoms with Crippen LogP contribution in [0, 0.1) is 0 Å². The lowest BCUT2D eigenvalue weighted by Crippen LogP contribution is -3.00. The van der Waals surface area contributed by atoms with Crippen LogP contribution in [0.4, 0.5) is 0 Å². The molecule has 0 unspecified atom stereocenters. The van der Waals surface area contributed by atoms with Crippen LogP contribution in [0.25, 0.3) is 0 Å². The Morgan fingerprint density at radius 3 is 2.67 bits per heavy atom. The van der Waals surface area contributed by atoms with Crippen molar-refractivity contribution in [3.05, 3.63) is 18.7 Å². The van der Waals surface area contributed by atoms with Gasteiger partial charge in [0.25, 0.3) is 0 Å². The third-order valence-corrected chi connectivity index (χ3v) is 2.18. The Hall–Kier alpha value is -0.0200. The Balaban J connectivity index is 0.00000121. The van der Waals surface area contributed by atoms with Crippen LogP contribution >= 0.6 is 15.9 Å². The van der Waals surface area contributed by atoms with E-state index in [-0.39, 0.29) is 12.4 Å². The first-order valence-electron chi connectivity index (χ1n) is 3.90. The van der Waals surface area contributed by atoms with Crippen LogP contribution in [-0.2, 0) is 13.6 Å². The van der Waals surface area contributed by atoms with E-state index in [0.717, 1.165) is 11.9 Å². The Morgan fingerprint density at radius 1 is 1.42 bits per heavy atom. The average molecular weight is 254 g/mol. The molecule has 1 aromatic rings. The minimum atomic E-state index is 0. The second-order valence-electron chi connectivity index (χ2n) is 2.71. The van der Waals surface area contributed by atoms with E-state index < -0.39 is 0 Å². The van der Waals surface area contributed by atoms with Crippen molar-refractivity contribution in [3.8, 4) is 0 Å². The molecule has 2 nitrogen and oxygen atoms in total. The highest BCUT2D eigenvalue weighted by atomic mass is 79.9. The van der Waals surface area contributed by atoms with Crippen LogP contribution in [0.2, 0.25) is 0 Å². The third-order valence-electron chi connectivity index (χ3n) is 1.62. The van der Waals surface area contributed by atoms with E-state index in [0.29, 0.717) is 0 Å². The Kier molecular flexibility index (Phi) is 6.48. The normalized spacial score (nSPS) is 9.50. The summed E-state index contributed by atoms with van der Waals surface area (Å²) in [5.41, 5.74) is 0. The second-order valence-corrected chi connectivity index (χ2v) is 3.51. The maximum absolute atomic E-state index is 3.41. The Morgan fingerprint density at radius 2 is 2.17 bits per heavy atom. The first-order chi connectivity index (χ1) is 5.33. The molecule has 0 saturated carbocycles. The summed E-state index contributed by atoms with van der Waals surface area (Å²) in [5, 5.41) is 1.11. The smallest absolute Gasteiger partial charge is 0.243 e. The molecule has 0 saturated heterocycles. The van der Waals surface area contributed by atoms with Gasteiger partial charge in [0, 0.05) is 5.33 Å². The summed E-state index contributed by atoms with van der Waals surface area (Å²) in [6.07, 6.45) is 8.78. The predicted molar refractivity (Wildman–Crippen MR) is 48.6 cm³/mol. The van der Waals surface area contributed by atoms with Crippen LogP contribution in [0.15, 0.2) is 18.7 Å². The molecule has 1 rings (SSSR count). The van der Waals surface area contributed by atoms with Gasteiger partial charge < -0.3 is 12.4 Å². The average Bonchev–Trinajstić information content (AvgIpc) is 2.37. The highest BCUT2D eigenvalue weighted by Crippen LogP contribution is 1.96.